The van der Waals surface area contributed by atoms with E-state index in [1.165, 1.54) is 54.7 Å². The lowest BCUT2D eigenvalue weighted by Gasteiger charge is -2.14. The maximum atomic E-state index is 13.8. The maximum Gasteiger partial charge on any atom is 0.322 e. The Morgan fingerprint density at radius 1 is 0.969 bits per heavy atom. The van der Waals surface area contributed by atoms with Crippen molar-refractivity contribution in [1.82, 2.24) is 15.3 Å². The summed E-state index contributed by atoms with van der Waals surface area (Å²) in [5.74, 6) is -3.65. The van der Waals surface area contributed by atoms with Crippen LogP contribution in [-0.4, -0.2) is 38.6 Å². The van der Waals surface area contributed by atoms with Gasteiger partial charge < -0.3 is 15.5 Å². The number of rotatable bonds is 5. The minimum absolute atomic E-state index is 0.00682. The molecule has 3 N–H and O–H groups in total. The molecule has 0 unspecified atom stereocenters. The molecule has 9 heteroatoms. The van der Waals surface area contributed by atoms with Crippen molar-refractivity contribution in [2.45, 2.75) is 0 Å². The van der Waals surface area contributed by atoms with E-state index in [1.54, 1.807) is 6.07 Å². The van der Waals surface area contributed by atoms with E-state index in [2.05, 4.69) is 15.3 Å². The van der Waals surface area contributed by atoms with Crippen LogP contribution in [0, 0.1) is 11.6 Å². The number of carboxylic acids is 1. The average molecular weight is 435 g/mol. The zero-order valence-corrected chi connectivity index (χ0v) is 16.3. The van der Waals surface area contributed by atoms with E-state index < -0.39 is 35.8 Å². The van der Waals surface area contributed by atoms with Crippen molar-refractivity contribution in [3.05, 3.63) is 78.0 Å². The number of phenols is 1. The Kier molecular flexibility index (Phi) is 5.46. The number of amides is 1. The molecule has 0 saturated carbocycles. The van der Waals surface area contributed by atoms with Gasteiger partial charge in [-0.1, -0.05) is 12.1 Å². The second-order valence-corrected chi connectivity index (χ2v) is 6.86. The lowest BCUT2D eigenvalue weighted by Crippen LogP contribution is -2.29. The van der Waals surface area contributed by atoms with Gasteiger partial charge >= 0.3 is 5.97 Å². The molecule has 160 valence electrons. The Morgan fingerprint density at radius 3 is 2.41 bits per heavy atom. The van der Waals surface area contributed by atoms with Gasteiger partial charge in [0.1, 0.15) is 35.0 Å². The van der Waals surface area contributed by atoms with Crippen LogP contribution in [0.1, 0.15) is 10.4 Å². The predicted octanol–water partition coefficient (Wildman–Crippen LogP) is 3.76. The number of phenolic OH excluding ortho intramolecular Hbond substituents is 1. The standard InChI is InChI=1S/C23H15F2N3O4/c24-14-6-4-12(5-7-14)18-10-26-17-9-16(13-2-1-3-15(25)8-13)22(31)20(21(17)28-18)23(32)27-11-19(29)30/h1-10,31H,11H2,(H,27,32)(H,29,30). The lowest BCUT2D eigenvalue weighted by molar-refractivity contribution is -0.135. The molecule has 7 nitrogen and oxygen atoms in total. The van der Waals surface area contributed by atoms with Crippen molar-refractivity contribution >= 4 is 22.9 Å². The molecular formula is C23H15F2N3O4. The van der Waals surface area contributed by atoms with Gasteiger partial charge in [0.2, 0.25) is 0 Å². The normalized spacial score (nSPS) is 10.8. The van der Waals surface area contributed by atoms with Gasteiger partial charge in [-0.3, -0.25) is 14.6 Å². The molecule has 0 aliphatic carbocycles. The number of aliphatic carboxylic acids is 1. The number of carboxylic acid groups (broad SMARTS) is 1. The first-order chi connectivity index (χ1) is 15.3. The molecule has 4 rings (SSSR count). The van der Waals surface area contributed by atoms with E-state index in [1.807, 2.05) is 0 Å². The summed E-state index contributed by atoms with van der Waals surface area (Å²) in [6.45, 7) is -0.685. The molecule has 0 spiro atoms. The van der Waals surface area contributed by atoms with Crippen molar-refractivity contribution in [2.75, 3.05) is 6.54 Å². The molecule has 0 aliphatic rings. The second kappa shape index (κ2) is 8.38. The van der Waals surface area contributed by atoms with Crippen LogP contribution in [0.5, 0.6) is 5.75 Å². The fraction of sp³-hybridized carbons (Fsp3) is 0.0435. The van der Waals surface area contributed by atoms with Gasteiger partial charge in [-0.05, 0) is 48.0 Å². The summed E-state index contributed by atoms with van der Waals surface area (Å²) in [6.07, 6.45) is 1.42. The van der Waals surface area contributed by atoms with Crippen LogP contribution in [0.3, 0.4) is 0 Å². The number of aromatic nitrogens is 2. The molecule has 0 atom stereocenters. The molecule has 1 aromatic heterocycles. The molecule has 3 aromatic carbocycles. The van der Waals surface area contributed by atoms with E-state index in [0.717, 1.165) is 0 Å². The molecule has 0 radical (unpaired) electrons. The van der Waals surface area contributed by atoms with Gasteiger partial charge in [0.25, 0.3) is 5.91 Å². The summed E-state index contributed by atoms with van der Waals surface area (Å²) in [5, 5.41) is 22.0. The topological polar surface area (TPSA) is 112 Å². The quantitative estimate of drug-likeness (QED) is 0.440. The third-order valence-corrected chi connectivity index (χ3v) is 4.71. The zero-order chi connectivity index (χ0) is 22.8. The number of nitrogens with zero attached hydrogens (tertiary/aromatic N) is 2. The largest absolute Gasteiger partial charge is 0.506 e. The molecule has 0 fully saturated rings. The Morgan fingerprint density at radius 2 is 1.72 bits per heavy atom. The number of halogens is 2. The van der Waals surface area contributed by atoms with Crippen LogP contribution in [0.25, 0.3) is 33.4 Å². The number of benzene rings is 3. The number of fused-ring (bicyclic) bond motifs is 1. The van der Waals surface area contributed by atoms with E-state index in [-0.39, 0.29) is 22.2 Å². The Labute approximate surface area is 180 Å². The number of nitrogens with one attached hydrogen (secondary N) is 1. The number of carbonyl (C=O) groups is 2. The third-order valence-electron chi connectivity index (χ3n) is 4.71. The van der Waals surface area contributed by atoms with Gasteiger partial charge in [-0.15, -0.1) is 0 Å². The molecule has 0 bridgehead atoms. The summed E-state index contributed by atoms with van der Waals surface area (Å²) in [7, 11) is 0. The van der Waals surface area contributed by atoms with Crippen LogP contribution in [0.15, 0.2) is 60.8 Å². The zero-order valence-electron chi connectivity index (χ0n) is 16.3. The highest BCUT2D eigenvalue weighted by molar-refractivity contribution is 6.10. The smallest absolute Gasteiger partial charge is 0.322 e. The van der Waals surface area contributed by atoms with Crippen molar-refractivity contribution < 1.29 is 28.6 Å². The Bertz CT molecular complexity index is 1360. The predicted molar refractivity (Wildman–Crippen MR) is 112 cm³/mol. The fourth-order valence-corrected chi connectivity index (χ4v) is 3.24. The highest BCUT2D eigenvalue weighted by Crippen LogP contribution is 2.37. The van der Waals surface area contributed by atoms with Crippen molar-refractivity contribution in [2.24, 2.45) is 0 Å². The number of hydrogen-bond donors (Lipinski definition) is 3. The number of hydrogen-bond acceptors (Lipinski definition) is 5. The monoisotopic (exact) mass is 435 g/mol. The fourth-order valence-electron chi connectivity index (χ4n) is 3.24. The minimum atomic E-state index is -1.28. The molecule has 1 amide bonds. The van der Waals surface area contributed by atoms with Crippen molar-refractivity contribution in [3.63, 3.8) is 0 Å². The number of aromatic hydroxyl groups is 1. The first kappa shape index (κ1) is 20.9. The molecule has 4 aromatic rings. The highest BCUT2D eigenvalue weighted by Gasteiger charge is 2.23. The lowest BCUT2D eigenvalue weighted by atomic mass is 9.98. The third kappa shape index (κ3) is 4.08. The minimum Gasteiger partial charge on any atom is -0.506 e. The van der Waals surface area contributed by atoms with E-state index >= 15 is 0 Å². The first-order valence-electron chi connectivity index (χ1n) is 9.38. The Balaban J connectivity index is 1.94. The summed E-state index contributed by atoms with van der Waals surface area (Å²) in [5.41, 5.74) is 1.16. The first-order valence-corrected chi connectivity index (χ1v) is 9.38. The summed E-state index contributed by atoms with van der Waals surface area (Å²) >= 11 is 0. The summed E-state index contributed by atoms with van der Waals surface area (Å²) < 4.78 is 27.0. The van der Waals surface area contributed by atoms with Gasteiger partial charge in [-0.2, -0.15) is 0 Å². The molecular weight excluding hydrogens is 420 g/mol. The second-order valence-electron chi connectivity index (χ2n) is 6.86. The van der Waals surface area contributed by atoms with Crippen LogP contribution >= 0.6 is 0 Å². The molecule has 1 heterocycles. The molecule has 0 saturated heterocycles. The summed E-state index contributed by atoms with van der Waals surface area (Å²) in [4.78, 5) is 32.4. The van der Waals surface area contributed by atoms with E-state index in [9.17, 15) is 23.5 Å². The Hall–Kier alpha value is -4.40. The van der Waals surface area contributed by atoms with Crippen LogP contribution in [-0.2, 0) is 4.79 Å². The van der Waals surface area contributed by atoms with Gasteiger partial charge in [0.15, 0.2) is 0 Å². The van der Waals surface area contributed by atoms with Crippen LogP contribution < -0.4 is 5.32 Å². The summed E-state index contributed by atoms with van der Waals surface area (Å²) in [6, 6.07) is 12.3. The van der Waals surface area contributed by atoms with Crippen LogP contribution in [0.4, 0.5) is 8.78 Å². The van der Waals surface area contributed by atoms with Crippen molar-refractivity contribution in [1.29, 1.82) is 0 Å². The van der Waals surface area contributed by atoms with Gasteiger partial charge in [-0.25, -0.2) is 13.8 Å². The number of carbonyl (C=O) groups excluding carboxylic acids is 1. The molecule has 32 heavy (non-hydrogen) atoms. The van der Waals surface area contributed by atoms with Gasteiger partial charge in [0, 0.05) is 11.1 Å². The SMILES string of the molecule is O=C(O)CNC(=O)c1c(O)c(-c2cccc(F)c2)cc2ncc(-c3ccc(F)cc3)nc12. The average Bonchev–Trinajstić information content (AvgIpc) is 2.77. The van der Waals surface area contributed by atoms with E-state index in [0.29, 0.717) is 16.8 Å². The van der Waals surface area contributed by atoms with Crippen molar-refractivity contribution in [3.8, 4) is 28.1 Å². The molecule has 0 aliphatic heterocycles. The van der Waals surface area contributed by atoms with E-state index in [4.69, 9.17) is 5.11 Å². The van der Waals surface area contributed by atoms with Crippen LogP contribution in [0.2, 0.25) is 0 Å². The highest BCUT2D eigenvalue weighted by atomic mass is 19.1. The maximum absolute atomic E-state index is 13.8. The van der Waals surface area contributed by atoms with Gasteiger partial charge in [0.05, 0.1) is 17.4 Å².